The smallest absolute Gasteiger partial charge is 0.0217 e. The van der Waals surface area contributed by atoms with Crippen molar-refractivity contribution in [2.45, 2.75) is 36.9 Å². The lowest BCUT2D eigenvalue weighted by Crippen LogP contribution is -2.22. The molecule has 20 heavy (non-hydrogen) atoms. The Kier molecular flexibility index (Phi) is 3.34. The molecule has 2 aliphatic rings. The highest BCUT2D eigenvalue weighted by atomic mass is 79.9. The molecule has 0 nitrogen and oxygen atoms in total. The lowest BCUT2D eigenvalue weighted by Gasteiger charge is -2.27. The van der Waals surface area contributed by atoms with E-state index in [4.69, 9.17) is 0 Å². The number of hydrogen-bond donors (Lipinski definition) is 0. The molecule has 0 radical (unpaired) electrons. The molecule has 2 aromatic rings. The summed E-state index contributed by atoms with van der Waals surface area (Å²) in [6.45, 7) is 0. The molecule has 1 heteroatoms. The summed E-state index contributed by atoms with van der Waals surface area (Å²) in [7, 11) is 0. The van der Waals surface area contributed by atoms with Crippen LogP contribution in [0.15, 0.2) is 42.5 Å². The van der Waals surface area contributed by atoms with E-state index in [-0.39, 0.29) is 0 Å². The van der Waals surface area contributed by atoms with Crippen LogP contribution in [0.3, 0.4) is 0 Å². The van der Waals surface area contributed by atoms with E-state index in [1.165, 1.54) is 48.4 Å². The van der Waals surface area contributed by atoms with Crippen molar-refractivity contribution in [3.05, 3.63) is 48.0 Å². The summed E-state index contributed by atoms with van der Waals surface area (Å²) in [4.78, 5) is 0.656. The highest BCUT2D eigenvalue weighted by Gasteiger charge is 2.42. The summed E-state index contributed by atoms with van der Waals surface area (Å²) in [5.74, 6) is 2.95. The van der Waals surface area contributed by atoms with Gasteiger partial charge in [-0.15, -0.1) is 0 Å². The molecule has 4 rings (SSSR count). The summed E-state index contributed by atoms with van der Waals surface area (Å²) >= 11 is 4.03. The van der Waals surface area contributed by atoms with Gasteiger partial charge in [-0.3, -0.25) is 0 Å². The van der Waals surface area contributed by atoms with Crippen molar-refractivity contribution in [1.29, 1.82) is 0 Å². The summed E-state index contributed by atoms with van der Waals surface area (Å²) in [5, 5.41) is 2.81. The van der Waals surface area contributed by atoms with Gasteiger partial charge >= 0.3 is 0 Å². The summed E-state index contributed by atoms with van der Waals surface area (Å²) in [6.07, 6.45) is 7.12. The topological polar surface area (TPSA) is 0 Å². The van der Waals surface area contributed by atoms with Gasteiger partial charge in [0.15, 0.2) is 0 Å². The van der Waals surface area contributed by atoms with Gasteiger partial charge in [-0.1, -0.05) is 64.8 Å². The van der Waals surface area contributed by atoms with Crippen LogP contribution < -0.4 is 0 Å². The highest BCUT2D eigenvalue weighted by molar-refractivity contribution is 9.09. The third-order valence-electron chi connectivity index (χ3n) is 5.55. The molecule has 0 aliphatic heterocycles. The fourth-order valence-corrected chi connectivity index (χ4v) is 5.57. The molecule has 0 spiro atoms. The Morgan fingerprint density at radius 2 is 1.85 bits per heavy atom. The van der Waals surface area contributed by atoms with Crippen LogP contribution in [-0.4, -0.2) is 4.83 Å². The molecule has 2 fully saturated rings. The Bertz CT molecular complexity index is 613. The van der Waals surface area contributed by atoms with Crippen LogP contribution >= 0.6 is 15.9 Å². The quantitative estimate of drug-likeness (QED) is 0.645. The first-order chi connectivity index (χ1) is 9.81. The largest absolute Gasteiger partial charge is 0.0884 e. The molecule has 4 atom stereocenters. The van der Waals surface area contributed by atoms with Crippen LogP contribution in [0, 0.1) is 17.8 Å². The number of fused-ring (bicyclic) bond motifs is 3. The monoisotopic (exact) mass is 328 g/mol. The second kappa shape index (κ2) is 5.18. The van der Waals surface area contributed by atoms with Crippen LogP contribution in [0.2, 0.25) is 0 Å². The predicted molar refractivity (Wildman–Crippen MR) is 89.3 cm³/mol. The Balaban J connectivity index is 1.58. The minimum absolute atomic E-state index is 0.656. The minimum Gasteiger partial charge on any atom is -0.0884 e. The molecule has 2 saturated carbocycles. The van der Waals surface area contributed by atoms with Crippen LogP contribution in [-0.2, 0) is 6.42 Å². The SMILES string of the molecule is BrC(Cc1cccc2ccccc12)C1CC2CCC1C2. The average Bonchev–Trinajstić information content (AvgIpc) is 3.10. The number of hydrogen-bond acceptors (Lipinski definition) is 0. The van der Waals surface area contributed by atoms with Crippen molar-refractivity contribution in [3.63, 3.8) is 0 Å². The van der Waals surface area contributed by atoms with Gasteiger partial charge in [-0.05, 0) is 59.8 Å². The van der Waals surface area contributed by atoms with E-state index in [1.54, 1.807) is 0 Å². The van der Waals surface area contributed by atoms with Gasteiger partial charge in [0, 0.05) is 4.83 Å². The van der Waals surface area contributed by atoms with Crippen LogP contribution in [0.4, 0.5) is 0 Å². The number of benzene rings is 2. The standard InChI is InChI=1S/C19H21Br/c20-19(18-11-13-8-9-16(18)10-13)12-15-6-3-5-14-4-1-2-7-17(14)15/h1-7,13,16,18-19H,8-12H2. The molecule has 0 saturated heterocycles. The predicted octanol–water partition coefficient (Wildman–Crippen LogP) is 5.58. The lowest BCUT2D eigenvalue weighted by molar-refractivity contribution is 0.326. The Morgan fingerprint density at radius 3 is 2.65 bits per heavy atom. The van der Waals surface area contributed by atoms with Gasteiger partial charge < -0.3 is 0 Å². The van der Waals surface area contributed by atoms with Crippen molar-refractivity contribution in [1.82, 2.24) is 0 Å². The van der Waals surface area contributed by atoms with Gasteiger partial charge in [0.05, 0.1) is 0 Å². The minimum atomic E-state index is 0.656. The molecular weight excluding hydrogens is 308 g/mol. The van der Waals surface area contributed by atoms with Crippen molar-refractivity contribution in [2.24, 2.45) is 17.8 Å². The highest BCUT2D eigenvalue weighted by Crippen LogP contribution is 2.51. The van der Waals surface area contributed by atoms with E-state index in [1.807, 2.05) is 0 Å². The van der Waals surface area contributed by atoms with Gasteiger partial charge in [-0.2, -0.15) is 0 Å². The van der Waals surface area contributed by atoms with E-state index in [0.717, 1.165) is 17.8 Å². The lowest BCUT2D eigenvalue weighted by atomic mass is 9.84. The van der Waals surface area contributed by atoms with Gasteiger partial charge in [0.25, 0.3) is 0 Å². The first kappa shape index (κ1) is 12.9. The Labute approximate surface area is 129 Å². The van der Waals surface area contributed by atoms with Crippen LogP contribution in [0.5, 0.6) is 0 Å². The molecular formula is C19H21Br. The maximum Gasteiger partial charge on any atom is 0.0217 e. The van der Waals surface area contributed by atoms with Crippen molar-refractivity contribution in [2.75, 3.05) is 0 Å². The Morgan fingerprint density at radius 1 is 1.00 bits per heavy atom. The first-order valence-corrected chi connectivity index (χ1v) is 8.83. The normalized spacial score (nSPS) is 29.9. The molecule has 2 aromatic carbocycles. The molecule has 104 valence electrons. The van der Waals surface area contributed by atoms with Crippen molar-refractivity contribution < 1.29 is 0 Å². The number of alkyl halides is 1. The third kappa shape index (κ3) is 2.20. The van der Waals surface area contributed by atoms with E-state index >= 15 is 0 Å². The second-order valence-electron chi connectivity index (χ2n) is 6.70. The van der Waals surface area contributed by atoms with E-state index < -0.39 is 0 Å². The summed E-state index contributed by atoms with van der Waals surface area (Å²) in [5.41, 5.74) is 1.51. The van der Waals surface area contributed by atoms with E-state index in [0.29, 0.717) is 4.83 Å². The zero-order valence-electron chi connectivity index (χ0n) is 11.8. The molecule has 0 aromatic heterocycles. The van der Waals surface area contributed by atoms with Crippen molar-refractivity contribution in [3.8, 4) is 0 Å². The van der Waals surface area contributed by atoms with E-state index in [9.17, 15) is 0 Å². The fraction of sp³-hybridized carbons (Fsp3) is 0.474. The molecule has 2 aliphatic carbocycles. The summed E-state index contributed by atoms with van der Waals surface area (Å²) in [6, 6.07) is 15.5. The van der Waals surface area contributed by atoms with Gasteiger partial charge in [-0.25, -0.2) is 0 Å². The molecule has 0 heterocycles. The molecule has 4 unspecified atom stereocenters. The average molecular weight is 329 g/mol. The zero-order chi connectivity index (χ0) is 13.5. The van der Waals surface area contributed by atoms with Crippen LogP contribution in [0.1, 0.15) is 31.2 Å². The number of rotatable bonds is 3. The number of halogens is 1. The maximum absolute atomic E-state index is 4.03. The zero-order valence-corrected chi connectivity index (χ0v) is 13.4. The van der Waals surface area contributed by atoms with Gasteiger partial charge in [0.1, 0.15) is 0 Å². The van der Waals surface area contributed by atoms with Gasteiger partial charge in [0.2, 0.25) is 0 Å². The first-order valence-electron chi connectivity index (χ1n) is 7.92. The van der Waals surface area contributed by atoms with Crippen molar-refractivity contribution >= 4 is 26.7 Å². The molecule has 0 N–H and O–H groups in total. The second-order valence-corrected chi connectivity index (χ2v) is 7.87. The molecule has 2 bridgehead atoms. The fourth-order valence-electron chi connectivity index (χ4n) is 4.57. The molecule has 0 amide bonds. The van der Waals surface area contributed by atoms with E-state index in [2.05, 4.69) is 58.4 Å². The Hall–Kier alpha value is -0.820. The maximum atomic E-state index is 4.03. The van der Waals surface area contributed by atoms with Crippen LogP contribution in [0.25, 0.3) is 10.8 Å². The third-order valence-corrected chi connectivity index (χ3v) is 6.56. The summed E-state index contributed by atoms with van der Waals surface area (Å²) < 4.78 is 0.